The summed E-state index contributed by atoms with van der Waals surface area (Å²) in [6.07, 6.45) is 0.501. The lowest BCUT2D eigenvalue weighted by molar-refractivity contribution is 0.0988. The molecule has 2 aromatic rings. The van der Waals surface area contributed by atoms with Gasteiger partial charge in [0.15, 0.2) is 5.78 Å². The molecule has 0 saturated carbocycles. The lowest BCUT2D eigenvalue weighted by Gasteiger charge is -2.12. The Balaban J connectivity index is 2.08. The molecule has 0 amide bonds. The van der Waals surface area contributed by atoms with Crippen molar-refractivity contribution in [1.29, 1.82) is 0 Å². The first kappa shape index (κ1) is 15.9. The summed E-state index contributed by atoms with van der Waals surface area (Å²) < 4.78 is 16.3. The minimum Gasteiger partial charge on any atom is -0.497 e. The Labute approximate surface area is 130 Å². The van der Waals surface area contributed by atoms with E-state index in [0.29, 0.717) is 24.3 Å². The van der Waals surface area contributed by atoms with Gasteiger partial charge in [0, 0.05) is 17.5 Å². The van der Waals surface area contributed by atoms with Crippen LogP contribution in [-0.4, -0.2) is 20.0 Å². The summed E-state index contributed by atoms with van der Waals surface area (Å²) in [4.78, 5) is 11.6. The van der Waals surface area contributed by atoms with Crippen LogP contribution >= 0.6 is 0 Å². The minimum atomic E-state index is 0.126. The Morgan fingerprint density at radius 2 is 1.64 bits per heavy atom. The molecule has 0 unspecified atom stereocenters. The molecule has 0 radical (unpaired) electrons. The van der Waals surface area contributed by atoms with Crippen LogP contribution in [0.15, 0.2) is 42.5 Å². The normalized spacial score (nSPS) is 10.1. The third-order valence-corrected chi connectivity index (χ3v) is 3.38. The number of rotatable bonds is 7. The first-order valence-corrected chi connectivity index (χ1v) is 7.15. The second-order valence-electron chi connectivity index (χ2n) is 4.77. The fourth-order valence-electron chi connectivity index (χ4n) is 2.10. The zero-order chi connectivity index (χ0) is 15.9. The van der Waals surface area contributed by atoms with E-state index in [-0.39, 0.29) is 5.78 Å². The van der Waals surface area contributed by atoms with Crippen molar-refractivity contribution in [3.05, 3.63) is 53.6 Å². The highest BCUT2D eigenvalue weighted by Gasteiger charge is 2.07. The van der Waals surface area contributed by atoms with Crippen molar-refractivity contribution < 1.29 is 19.0 Å². The molecule has 4 heteroatoms. The van der Waals surface area contributed by atoms with Crippen LogP contribution in [0.2, 0.25) is 0 Å². The summed E-state index contributed by atoms with van der Waals surface area (Å²) >= 11 is 0. The molecule has 0 spiro atoms. The Kier molecular flexibility index (Phi) is 5.42. The van der Waals surface area contributed by atoms with Crippen molar-refractivity contribution in [1.82, 2.24) is 0 Å². The third-order valence-electron chi connectivity index (χ3n) is 3.38. The molecule has 0 saturated heterocycles. The van der Waals surface area contributed by atoms with Gasteiger partial charge in [0.05, 0.1) is 14.2 Å². The van der Waals surface area contributed by atoms with Gasteiger partial charge < -0.3 is 14.2 Å². The van der Waals surface area contributed by atoms with Crippen LogP contribution in [0.3, 0.4) is 0 Å². The van der Waals surface area contributed by atoms with E-state index in [1.165, 1.54) is 0 Å². The Morgan fingerprint density at radius 3 is 2.23 bits per heavy atom. The second-order valence-corrected chi connectivity index (χ2v) is 4.77. The highest BCUT2D eigenvalue weighted by Crippen LogP contribution is 2.25. The predicted molar refractivity (Wildman–Crippen MR) is 84.9 cm³/mol. The molecule has 2 rings (SSSR count). The summed E-state index contributed by atoms with van der Waals surface area (Å²) in [5, 5.41) is 0. The van der Waals surface area contributed by atoms with E-state index in [1.807, 2.05) is 25.1 Å². The molecule has 22 heavy (non-hydrogen) atoms. The molecular weight excluding hydrogens is 280 g/mol. The average molecular weight is 300 g/mol. The molecule has 0 fully saturated rings. The van der Waals surface area contributed by atoms with Crippen molar-refractivity contribution in [3.63, 3.8) is 0 Å². The summed E-state index contributed by atoms with van der Waals surface area (Å²) in [6, 6.07) is 12.7. The average Bonchev–Trinajstić information content (AvgIpc) is 2.59. The van der Waals surface area contributed by atoms with Gasteiger partial charge >= 0.3 is 0 Å². The number of Topliss-reactive ketones (excluding diaryl/α,β-unsaturated/α-hetero) is 1. The number of carbonyl (C=O) groups is 1. The number of carbonyl (C=O) groups excluding carboxylic acids is 1. The van der Waals surface area contributed by atoms with Gasteiger partial charge in [-0.05, 0) is 42.5 Å². The maximum Gasteiger partial charge on any atom is 0.162 e. The maximum atomic E-state index is 11.6. The van der Waals surface area contributed by atoms with Crippen LogP contribution in [0.5, 0.6) is 17.2 Å². The van der Waals surface area contributed by atoms with Gasteiger partial charge in [-0.25, -0.2) is 0 Å². The van der Waals surface area contributed by atoms with Crippen molar-refractivity contribution in [2.45, 2.75) is 20.0 Å². The van der Waals surface area contributed by atoms with E-state index in [1.54, 1.807) is 38.5 Å². The van der Waals surface area contributed by atoms with Gasteiger partial charge in [-0.2, -0.15) is 0 Å². The quantitative estimate of drug-likeness (QED) is 0.728. The third kappa shape index (κ3) is 3.79. The molecule has 0 N–H and O–H groups in total. The molecule has 0 aliphatic carbocycles. The number of benzene rings is 2. The molecule has 0 heterocycles. The number of hydrogen-bond donors (Lipinski definition) is 0. The lowest BCUT2D eigenvalue weighted by atomic mass is 10.1. The number of hydrogen-bond acceptors (Lipinski definition) is 4. The monoisotopic (exact) mass is 300 g/mol. The van der Waals surface area contributed by atoms with Crippen molar-refractivity contribution in [3.8, 4) is 17.2 Å². The molecule has 0 aliphatic rings. The van der Waals surface area contributed by atoms with Gasteiger partial charge in [-0.3, -0.25) is 4.79 Å². The largest absolute Gasteiger partial charge is 0.497 e. The molecule has 0 aliphatic heterocycles. The smallest absolute Gasteiger partial charge is 0.162 e. The minimum absolute atomic E-state index is 0.126. The summed E-state index contributed by atoms with van der Waals surface area (Å²) in [5.41, 5.74) is 1.60. The van der Waals surface area contributed by atoms with Crippen LogP contribution < -0.4 is 14.2 Å². The fraction of sp³-hybridized carbons (Fsp3) is 0.278. The van der Waals surface area contributed by atoms with E-state index < -0.39 is 0 Å². The zero-order valence-electron chi connectivity index (χ0n) is 13.1. The highest BCUT2D eigenvalue weighted by atomic mass is 16.5. The Morgan fingerprint density at radius 1 is 0.955 bits per heavy atom. The van der Waals surface area contributed by atoms with E-state index in [2.05, 4.69) is 0 Å². The second kappa shape index (κ2) is 7.50. The Hall–Kier alpha value is -2.49. The van der Waals surface area contributed by atoms with Crippen LogP contribution in [0.1, 0.15) is 29.3 Å². The highest BCUT2D eigenvalue weighted by molar-refractivity contribution is 5.95. The number of methoxy groups -OCH3 is 2. The Bertz CT molecular complexity index is 632. The predicted octanol–water partition coefficient (Wildman–Crippen LogP) is 3.88. The molecule has 2 aromatic carbocycles. The number of ketones is 1. The van der Waals surface area contributed by atoms with E-state index >= 15 is 0 Å². The van der Waals surface area contributed by atoms with Crippen molar-refractivity contribution in [2.24, 2.45) is 0 Å². The van der Waals surface area contributed by atoms with E-state index in [9.17, 15) is 4.79 Å². The van der Waals surface area contributed by atoms with E-state index in [4.69, 9.17) is 14.2 Å². The molecule has 0 bridgehead atoms. The van der Waals surface area contributed by atoms with Crippen LogP contribution in [0.25, 0.3) is 0 Å². The molecule has 0 atom stereocenters. The summed E-state index contributed by atoms with van der Waals surface area (Å²) in [5.74, 6) is 2.33. The van der Waals surface area contributed by atoms with Gasteiger partial charge in [-0.1, -0.05) is 6.92 Å². The standard InChI is InChI=1S/C18H20O4/c1-4-17(19)13-5-7-15(8-6-13)22-12-14-11-16(20-2)9-10-18(14)21-3/h5-11H,4,12H2,1-3H3. The first-order valence-electron chi connectivity index (χ1n) is 7.15. The van der Waals surface area contributed by atoms with E-state index in [0.717, 1.165) is 17.1 Å². The molecule has 0 aromatic heterocycles. The van der Waals surface area contributed by atoms with Gasteiger partial charge in [0.25, 0.3) is 0 Å². The SMILES string of the molecule is CCC(=O)c1ccc(OCc2cc(OC)ccc2OC)cc1. The summed E-state index contributed by atoms with van der Waals surface area (Å²) in [7, 11) is 3.24. The number of ether oxygens (including phenoxy) is 3. The molecule has 116 valence electrons. The van der Waals surface area contributed by atoms with Gasteiger partial charge in [0.1, 0.15) is 23.9 Å². The fourth-order valence-corrected chi connectivity index (χ4v) is 2.10. The van der Waals surface area contributed by atoms with Gasteiger partial charge in [-0.15, -0.1) is 0 Å². The topological polar surface area (TPSA) is 44.8 Å². The van der Waals surface area contributed by atoms with Crippen LogP contribution in [-0.2, 0) is 6.61 Å². The summed E-state index contributed by atoms with van der Waals surface area (Å²) in [6.45, 7) is 2.21. The van der Waals surface area contributed by atoms with Gasteiger partial charge in [0.2, 0.25) is 0 Å². The van der Waals surface area contributed by atoms with Crippen LogP contribution in [0, 0.1) is 0 Å². The molecule has 4 nitrogen and oxygen atoms in total. The van der Waals surface area contributed by atoms with Crippen molar-refractivity contribution in [2.75, 3.05) is 14.2 Å². The zero-order valence-corrected chi connectivity index (χ0v) is 13.1. The van der Waals surface area contributed by atoms with Crippen LogP contribution in [0.4, 0.5) is 0 Å². The van der Waals surface area contributed by atoms with Crippen molar-refractivity contribution >= 4 is 5.78 Å². The maximum absolute atomic E-state index is 11.6. The molecular formula is C18H20O4. The first-order chi connectivity index (χ1) is 10.7. The lowest BCUT2D eigenvalue weighted by Crippen LogP contribution is -2.00.